The number of nitrogens with zero attached hydrogens (tertiary/aromatic N) is 2. The molecule has 0 aliphatic carbocycles. The van der Waals surface area contributed by atoms with Crippen molar-refractivity contribution < 1.29 is 8.42 Å². The lowest BCUT2D eigenvalue weighted by Crippen LogP contribution is -2.23. The van der Waals surface area contributed by atoms with Crippen molar-refractivity contribution in [1.29, 1.82) is 0 Å². The van der Waals surface area contributed by atoms with Crippen molar-refractivity contribution in [3.05, 3.63) is 47.4 Å². The Bertz CT molecular complexity index is 726. The molecular weight excluding hydrogens is 310 g/mol. The van der Waals surface area contributed by atoms with Gasteiger partial charge in [0, 0.05) is 25.2 Å². The van der Waals surface area contributed by atoms with Crippen LogP contribution < -0.4 is 4.72 Å². The summed E-state index contributed by atoms with van der Waals surface area (Å²) in [7, 11) is -3.60. The molecule has 0 aliphatic heterocycles. The molecule has 1 heterocycles. The normalized spacial score (nSPS) is 11.8. The first-order valence-electron chi connectivity index (χ1n) is 6.63. The number of aromatic nitrogens is 2. The molecule has 21 heavy (non-hydrogen) atoms. The third kappa shape index (κ3) is 3.84. The minimum Gasteiger partial charge on any atom is -0.334 e. The largest absolute Gasteiger partial charge is 0.334 e. The molecule has 0 unspecified atom stereocenters. The smallest absolute Gasteiger partial charge is 0.259 e. The number of imidazole rings is 1. The van der Waals surface area contributed by atoms with Crippen LogP contribution in [0.5, 0.6) is 0 Å². The Labute approximate surface area is 130 Å². The highest BCUT2D eigenvalue weighted by molar-refractivity contribution is 7.89. The van der Waals surface area contributed by atoms with Gasteiger partial charge in [-0.3, -0.25) is 0 Å². The van der Waals surface area contributed by atoms with Crippen molar-refractivity contribution in [3.63, 3.8) is 0 Å². The Morgan fingerprint density at radius 2 is 2.05 bits per heavy atom. The highest BCUT2D eigenvalue weighted by Gasteiger charge is 2.18. The van der Waals surface area contributed by atoms with E-state index < -0.39 is 10.0 Å². The lowest BCUT2D eigenvalue weighted by Gasteiger charge is -2.05. The summed E-state index contributed by atoms with van der Waals surface area (Å²) in [6.45, 7) is 4.62. The van der Waals surface area contributed by atoms with Crippen LogP contribution in [-0.2, 0) is 29.0 Å². The van der Waals surface area contributed by atoms with Crippen molar-refractivity contribution in [2.75, 3.05) is 0 Å². The maximum Gasteiger partial charge on any atom is 0.259 e. The van der Waals surface area contributed by atoms with Crippen molar-refractivity contribution in [1.82, 2.24) is 14.3 Å². The Morgan fingerprint density at radius 3 is 2.67 bits per heavy atom. The van der Waals surface area contributed by atoms with Gasteiger partial charge in [0.25, 0.3) is 10.0 Å². The predicted molar refractivity (Wildman–Crippen MR) is 82.7 cm³/mol. The maximum absolute atomic E-state index is 12.2. The number of sulfonamides is 1. The zero-order valence-corrected chi connectivity index (χ0v) is 13.6. The van der Waals surface area contributed by atoms with Gasteiger partial charge in [-0.2, -0.15) is 0 Å². The number of alkyl halides is 1. The van der Waals surface area contributed by atoms with Gasteiger partial charge in [-0.15, -0.1) is 11.6 Å². The summed E-state index contributed by atoms with van der Waals surface area (Å²) in [5, 5.41) is 0.0512. The molecule has 0 bridgehead atoms. The monoisotopic (exact) mass is 327 g/mol. The highest BCUT2D eigenvalue weighted by atomic mass is 35.5. The predicted octanol–water partition coefficient (Wildman–Crippen LogP) is 2.43. The fourth-order valence-electron chi connectivity index (χ4n) is 2.00. The summed E-state index contributed by atoms with van der Waals surface area (Å²) < 4.78 is 28.8. The first kappa shape index (κ1) is 16.0. The molecule has 114 valence electrons. The lowest BCUT2D eigenvalue weighted by atomic mass is 10.1. The van der Waals surface area contributed by atoms with E-state index in [9.17, 15) is 8.42 Å². The minimum absolute atomic E-state index is 0.0512. The third-order valence-corrected chi connectivity index (χ3v) is 4.76. The molecule has 0 aliphatic rings. The first-order valence-corrected chi connectivity index (χ1v) is 8.65. The van der Waals surface area contributed by atoms with E-state index in [-0.39, 0.29) is 11.6 Å². The van der Waals surface area contributed by atoms with E-state index in [2.05, 4.69) is 9.71 Å². The van der Waals surface area contributed by atoms with Crippen LogP contribution in [0.1, 0.15) is 23.9 Å². The Balaban J connectivity index is 2.13. The van der Waals surface area contributed by atoms with Crippen LogP contribution in [0.3, 0.4) is 0 Å². The number of rotatable bonds is 6. The molecule has 0 atom stereocenters. The second-order valence-electron chi connectivity index (χ2n) is 4.69. The molecule has 0 saturated carbocycles. The summed E-state index contributed by atoms with van der Waals surface area (Å²) >= 11 is 5.77. The quantitative estimate of drug-likeness (QED) is 0.829. The second kappa shape index (κ2) is 6.60. The minimum atomic E-state index is -3.60. The van der Waals surface area contributed by atoms with Crippen LogP contribution in [0, 0.1) is 6.92 Å². The van der Waals surface area contributed by atoms with Crippen LogP contribution in [0.25, 0.3) is 0 Å². The molecule has 1 N–H and O–H groups in total. The molecule has 2 aromatic rings. The van der Waals surface area contributed by atoms with Gasteiger partial charge in [0.2, 0.25) is 0 Å². The molecule has 2 rings (SSSR count). The molecule has 0 amide bonds. The van der Waals surface area contributed by atoms with Gasteiger partial charge >= 0.3 is 0 Å². The van der Waals surface area contributed by atoms with Gasteiger partial charge in [0.1, 0.15) is 5.82 Å². The van der Waals surface area contributed by atoms with E-state index in [1.54, 1.807) is 17.7 Å². The summed E-state index contributed by atoms with van der Waals surface area (Å²) in [4.78, 5) is 4.09. The van der Waals surface area contributed by atoms with Crippen LogP contribution >= 0.6 is 11.6 Å². The molecule has 1 aromatic heterocycles. The Hall–Kier alpha value is -1.37. The number of nitrogens with one attached hydrogen (secondary N) is 1. The summed E-state index contributed by atoms with van der Waals surface area (Å²) in [6, 6.07) is 7.49. The average Bonchev–Trinajstić information content (AvgIpc) is 2.87. The Kier molecular flexibility index (Phi) is 5.03. The number of aryl methyl sites for hydroxylation is 2. The lowest BCUT2D eigenvalue weighted by molar-refractivity contribution is 0.577. The Morgan fingerprint density at radius 1 is 1.33 bits per heavy atom. The zero-order chi connectivity index (χ0) is 15.5. The van der Waals surface area contributed by atoms with Gasteiger partial charge in [0.05, 0.1) is 0 Å². The van der Waals surface area contributed by atoms with Gasteiger partial charge in [-0.25, -0.2) is 18.1 Å². The SMILES string of the molecule is CCn1cc(S(=O)(=O)NCc2cccc(CCl)c2)nc1C. The van der Waals surface area contributed by atoms with Crippen molar-refractivity contribution in [3.8, 4) is 0 Å². The van der Waals surface area contributed by atoms with E-state index >= 15 is 0 Å². The van der Waals surface area contributed by atoms with E-state index in [1.165, 1.54) is 0 Å². The number of hydrogen-bond donors (Lipinski definition) is 1. The molecule has 0 radical (unpaired) electrons. The fraction of sp³-hybridized carbons (Fsp3) is 0.357. The van der Waals surface area contributed by atoms with Gasteiger partial charge < -0.3 is 4.57 Å². The number of halogens is 1. The third-order valence-electron chi connectivity index (χ3n) is 3.18. The van der Waals surface area contributed by atoms with Gasteiger partial charge in [0.15, 0.2) is 5.03 Å². The molecule has 7 heteroatoms. The second-order valence-corrected chi connectivity index (χ2v) is 6.67. The summed E-state index contributed by atoms with van der Waals surface area (Å²) in [6.07, 6.45) is 1.55. The van der Waals surface area contributed by atoms with Gasteiger partial charge in [-0.05, 0) is 25.0 Å². The topological polar surface area (TPSA) is 64.0 Å². The van der Waals surface area contributed by atoms with Crippen molar-refractivity contribution in [2.24, 2.45) is 0 Å². The molecule has 1 aromatic carbocycles. The van der Waals surface area contributed by atoms with Crippen LogP contribution in [0.4, 0.5) is 0 Å². The van der Waals surface area contributed by atoms with E-state index in [0.717, 1.165) is 11.1 Å². The maximum atomic E-state index is 12.2. The average molecular weight is 328 g/mol. The molecule has 0 fully saturated rings. The zero-order valence-electron chi connectivity index (χ0n) is 12.0. The van der Waals surface area contributed by atoms with E-state index in [4.69, 9.17) is 11.6 Å². The van der Waals surface area contributed by atoms with Crippen LogP contribution in [-0.4, -0.2) is 18.0 Å². The highest BCUT2D eigenvalue weighted by Crippen LogP contribution is 2.11. The molecular formula is C14H18ClN3O2S. The number of benzene rings is 1. The summed E-state index contributed by atoms with van der Waals surface area (Å²) in [5.41, 5.74) is 1.82. The van der Waals surface area contributed by atoms with Crippen molar-refractivity contribution >= 4 is 21.6 Å². The van der Waals surface area contributed by atoms with Crippen LogP contribution in [0.2, 0.25) is 0 Å². The van der Waals surface area contributed by atoms with Crippen molar-refractivity contribution in [2.45, 2.75) is 37.8 Å². The standard InChI is InChI=1S/C14H18ClN3O2S/c1-3-18-10-14(17-11(18)2)21(19,20)16-9-13-6-4-5-12(7-13)8-15/h4-7,10,16H,3,8-9H2,1-2H3. The first-order chi connectivity index (χ1) is 9.96. The van der Waals surface area contributed by atoms with Crippen LogP contribution in [0.15, 0.2) is 35.5 Å². The molecule has 5 nitrogen and oxygen atoms in total. The molecule has 0 spiro atoms. The fourth-order valence-corrected chi connectivity index (χ4v) is 3.19. The molecule has 0 saturated heterocycles. The van der Waals surface area contributed by atoms with Gasteiger partial charge in [-0.1, -0.05) is 24.3 Å². The van der Waals surface area contributed by atoms with E-state index in [1.807, 2.05) is 31.2 Å². The van der Waals surface area contributed by atoms with E-state index in [0.29, 0.717) is 18.2 Å². The summed E-state index contributed by atoms with van der Waals surface area (Å²) in [5.74, 6) is 1.09. The number of hydrogen-bond acceptors (Lipinski definition) is 3.